The van der Waals surface area contributed by atoms with Gasteiger partial charge in [-0.3, -0.25) is 4.79 Å². The first-order valence-corrected chi connectivity index (χ1v) is 9.31. The van der Waals surface area contributed by atoms with E-state index in [1.807, 2.05) is 25.1 Å². The minimum absolute atomic E-state index is 0.390. The van der Waals surface area contributed by atoms with E-state index in [0.717, 1.165) is 29.4 Å². The van der Waals surface area contributed by atoms with Gasteiger partial charge in [-0.1, -0.05) is 23.5 Å². The number of hydrogen-bond donors (Lipinski definition) is 0. The Kier molecular flexibility index (Phi) is 4.81. The molecule has 27 heavy (non-hydrogen) atoms. The molecule has 2 aromatic rings. The predicted octanol–water partition coefficient (Wildman–Crippen LogP) is 5.08. The summed E-state index contributed by atoms with van der Waals surface area (Å²) in [6, 6.07) is 9.78. The second kappa shape index (κ2) is 7.40. The van der Waals surface area contributed by atoms with Gasteiger partial charge in [0.2, 0.25) is 0 Å². The molecule has 2 aliphatic rings. The number of carbonyl (C=O) groups is 1. The summed E-state index contributed by atoms with van der Waals surface area (Å²) in [7, 11) is 0. The minimum atomic E-state index is -0.402. The van der Waals surface area contributed by atoms with Crippen LogP contribution >= 0.6 is 0 Å². The molecule has 2 bridgehead atoms. The van der Waals surface area contributed by atoms with Crippen molar-refractivity contribution in [3.8, 4) is 17.6 Å². The van der Waals surface area contributed by atoms with E-state index >= 15 is 0 Å². The Morgan fingerprint density at radius 1 is 1.22 bits per heavy atom. The van der Waals surface area contributed by atoms with Crippen molar-refractivity contribution in [2.75, 3.05) is 6.61 Å². The molecule has 1 fully saturated rings. The number of rotatable bonds is 4. The molecule has 1 saturated carbocycles. The zero-order valence-corrected chi connectivity index (χ0v) is 15.3. The molecule has 2 nitrogen and oxygen atoms in total. The number of fused-ring (bicyclic) bond motifs is 2. The standard InChI is InChI=1S/C24H21FO2/c1-16-10-17(2-5-20-13-23(25)8-7-21(20)14-26)4-9-24(16)27-15-22-12-18-3-6-19(22)11-18/h4,6-10,13-14,18,22H,3,11-12,15H2,1H3. The molecule has 3 heteroatoms. The van der Waals surface area contributed by atoms with E-state index in [1.165, 1.54) is 37.5 Å². The first-order chi connectivity index (χ1) is 13.1. The van der Waals surface area contributed by atoms with E-state index in [-0.39, 0.29) is 0 Å². The fourth-order valence-electron chi connectivity index (χ4n) is 4.02. The van der Waals surface area contributed by atoms with Gasteiger partial charge in [0.05, 0.1) is 6.61 Å². The molecule has 2 unspecified atom stereocenters. The van der Waals surface area contributed by atoms with Crippen LogP contribution < -0.4 is 4.74 Å². The van der Waals surface area contributed by atoms with Crippen molar-refractivity contribution in [1.29, 1.82) is 0 Å². The molecule has 0 N–H and O–H groups in total. The fourth-order valence-corrected chi connectivity index (χ4v) is 4.02. The van der Waals surface area contributed by atoms with Gasteiger partial charge in [-0.2, -0.15) is 0 Å². The van der Waals surface area contributed by atoms with Gasteiger partial charge in [0.15, 0.2) is 6.29 Å². The van der Waals surface area contributed by atoms with Crippen LogP contribution in [-0.2, 0) is 0 Å². The number of aldehydes is 1. The van der Waals surface area contributed by atoms with E-state index in [1.54, 1.807) is 5.57 Å². The largest absolute Gasteiger partial charge is 0.493 e. The average molecular weight is 360 g/mol. The van der Waals surface area contributed by atoms with Crippen LogP contribution in [0.15, 0.2) is 48.0 Å². The van der Waals surface area contributed by atoms with Crippen LogP contribution in [-0.4, -0.2) is 12.9 Å². The van der Waals surface area contributed by atoms with Crippen molar-refractivity contribution in [1.82, 2.24) is 0 Å². The monoisotopic (exact) mass is 360 g/mol. The van der Waals surface area contributed by atoms with Gasteiger partial charge in [0.1, 0.15) is 11.6 Å². The SMILES string of the molecule is Cc1cc(C#Cc2cc(F)ccc2C=O)ccc1OCC1CC2CC=C1C2. The smallest absolute Gasteiger partial charge is 0.151 e. The summed E-state index contributed by atoms with van der Waals surface area (Å²) < 4.78 is 19.4. The van der Waals surface area contributed by atoms with Crippen LogP contribution in [0.2, 0.25) is 0 Å². The number of aryl methyl sites for hydroxylation is 1. The summed E-state index contributed by atoms with van der Waals surface area (Å²) in [6.45, 7) is 2.74. The van der Waals surface area contributed by atoms with Gasteiger partial charge in [-0.25, -0.2) is 4.39 Å². The Hall–Kier alpha value is -2.86. The van der Waals surface area contributed by atoms with Gasteiger partial charge >= 0.3 is 0 Å². The summed E-state index contributed by atoms with van der Waals surface area (Å²) >= 11 is 0. The van der Waals surface area contributed by atoms with E-state index in [9.17, 15) is 9.18 Å². The number of benzene rings is 2. The Morgan fingerprint density at radius 2 is 2.11 bits per heavy atom. The van der Waals surface area contributed by atoms with Crippen LogP contribution in [0.3, 0.4) is 0 Å². The maximum absolute atomic E-state index is 13.4. The highest BCUT2D eigenvalue weighted by Crippen LogP contribution is 2.44. The molecule has 136 valence electrons. The normalized spacial score (nSPS) is 20.0. The van der Waals surface area contributed by atoms with Crippen molar-refractivity contribution < 1.29 is 13.9 Å². The van der Waals surface area contributed by atoms with Crippen LogP contribution in [0.4, 0.5) is 4.39 Å². The zero-order valence-electron chi connectivity index (χ0n) is 15.3. The van der Waals surface area contributed by atoms with Crippen LogP contribution in [0, 0.1) is 36.4 Å². The lowest BCUT2D eigenvalue weighted by atomic mass is 9.97. The van der Waals surface area contributed by atoms with Gasteiger partial charge in [-0.05, 0) is 74.1 Å². The third-order valence-corrected chi connectivity index (χ3v) is 5.48. The average Bonchev–Trinajstić information content (AvgIpc) is 3.29. The molecular formula is C24H21FO2. The molecule has 0 aromatic heterocycles. The van der Waals surface area contributed by atoms with Gasteiger partial charge in [0, 0.05) is 22.6 Å². The summed E-state index contributed by atoms with van der Waals surface area (Å²) in [5.74, 6) is 7.79. The van der Waals surface area contributed by atoms with Crippen molar-refractivity contribution in [3.05, 3.63) is 76.1 Å². The molecular weight excluding hydrogens is 339 g/mol. The summed E-state index contributed by atoms with van der Waals surface area (Å²) in [6.07, 6.45) is 6.82. The van der Waals surface area contributed by atoms with Crippen molar-refractivity contribution >= 4 is 6.29 Å². The van der Waals surface area contributed by atoms with E-state index in [4.69, 9.17) is 4.74 Å². The number of halogens is 1. The first kappa shape index (κ1) is 17.5. The van der Waals surface area contributed by atoms with Crippen LogP contribution in [0.5, 0.6) is 5.75 Å². The third-order valence-electron chi connectivity index (χ3n) is 5.48. The van der Waals surface area contributed by atoms with E-state index in [0.29, 0.717) is 23.3 Å². The van der Waals surface area contributed by atoms with Crippen LogP contribution in [0.1, 0.15) is 46.3 Å². The Labute approximate surface area is 159 Å². The van der Waals surface area contributed by atoms with E-state index < -0.39 is 5.82 Å². The van der Waals surface area contributed by atoms with Gasteiger partial charge < -0.3 is 4.74 Å². The fraction of sp³-hybridized carbons (Fsp3) is 0.292. The van der Waals surface area contributed by atoms with Crippen molar-refractivity contribution in [3.63, 3.8) is 0 Å². The molecule has 2 atom stereocenters. The molecule has 0 heterocycles. The second-order valence-electron chi connectivity index (χ2n) is 7.41. The Bertz CT molecular complexity index is 978. The zero-order chi connectivity index (χ0) is 18.8. The highest BCUT2D eigenvalue weighted by atomic mass is 19.1. The summed E-state index contributed by atoms with van der Waals surface area (Å²) in [4.78, 5) is 11.1. The maximum Gasteiger partial charge on any atom is 0.151 e. The molecule has 4 rings (SSSR count). The lowest BCUT2D eigenvalue weighted by Gasteiger charge is -2.17. The van der Waals surface area contributed by atoms with Gasteiger partial charge in [0.25, 0.3) is 0 Å². The number of allylic oxidation sites excluding steroid dienone is 1. The molecule has 0 aliphatic heterocycles. The number of carbonyl (C=O) groups excluding carboxylic acids is 1. The first-order valence-electron chi connectivity index (χ1n) is 9.31. The van der Waals surface area contributed by atoms with Crippen LogP contribution in [0.25, 0.3) is 0 Å². The lowest BCUT2D eigenvalue weighted by Crippen LogP contribution is -2.13. The van der Waals surface area contributed by atoms with Crippen molar-refractivity contribution in [2.24, 2.45) is 11.8 Å². The molecule has 0 saturated heterocycles. The van der Waals surface area contributed by atoms with Gasteiger partial charge in [-0.15, -0.1) is 0 Å². The number of ether oxygens (including phenoxy) is 1. The summed E-state index contributed by atoms with van der Waals surface area (Å²) in [5, 5.41) is 0. The molecule has 2 aliphatic carbocycles. The molecule has 0 radical (unpaired) electrons. The Balaban J connectivity index is 1.46. The quantitative estimate of drug-likeness (QED) is 0.432. The topological polar surface area (TPSA) is 26.3 Å². The molecule has 2 aromatic carbocycles. The lowest BCUT2D eigenvalue weighted by molar-refractivity contribution is 0.112. The maximum atomic E-state index is 13.4. The minimum Gasteiger partial charge on any atom is -0.493 e. The Morgan fingerprint density at radius 3 is 2.81 bits per heavy atom. The van der Waals surface area contributed by atoms with E-state index in [2.05, 4.69) is 17.9 Å². The highest BCUT2D eigenvalue weighted by molar-refractivity contribution is 5.79. The number of hydrogen-bond acceptors (Lipinski definition) is 2. The predicted molar refractivity (Wildman–Crippen MR) is 103 cm³/mol. The molecule has 0 spiro atoms. The highest BCUT2D eigenvalue weighted by Gasteiger charge is 2.33. The second-order valence-corrected chi connectivity index (χ2v) is 7.41. The summed E-state index contributed by atoms with van der Waals surface area (Å²) in [5.41, 5.74) is 4.19. The molecule has 0 amide bonds. The van der Waals surface area contributed by atoms with Crippen molar-refractivity contribution in [2.45, 2.75) is 26.2 Å². The third kappa shape index (κ3) is 3.80.